The second kappa shape index (κ2) is 10.7. The Morgan fingerprint density at radius 3 is 2.36 bits per heavy atom. The van der Waals surface area contributed by atoms with Gasteiger partial charge in [-0.05, 0) is 39.3 Å². The minimum atomic E-state index is -0.541. The molecule has 0 saturated heterocycles. The summed E-state index contributed by atoms with van der Waals surface area (Å²) in [6.07, 6.45) is 0.140. The number of carbonyl (C=O) groups excluding carboxylic acids is 2. The van der Waals surface area contributed by atoms with Crippen LogP contribution in [0.15, 0.2) is 24.3 Å². The molecular weight excluding hydrogens is 346 g/mol. The molecule has 0 heterocycles. The molecule has 0 fully saturated rings. The van der Waals surface area contributed by atoms with E-state index in [-0.39, 0.29) is 12.6 Å². The van der Waals surface area contributed by atoms with Gasteiger partial charge in [0, 0.05) is 19.6 Å². The second-order valence-electron chi connectivity index (χ2n) is 6.24. The summed E-state index contributed by atoms with van der Waals surface area (Å²) in [5.41, 5.74) is -0.541. The quantitative estimate of drug-likeness (QED) is 0.613. The van der Waals surface area contributed by atoms with Gasteiger partial charge < -0.3 is 25.4 Å². The van der Waals surface area contributed by atoms with E-state index in [9.17, 15) is 9.59 Å². The number of carbonyl (C=O) groups is 2. The third kappa shape index (κ3) is 10.3. The van der Waals surface area contributed by atoms with E-state index in [1.807, 2.05) is 12.1 Å². The first kappa shape index (κ1) is 20.9. The number of amides is 3. The third-order valence-corrected chi connectivity index (χ3v) is 3.09. The summed E-state index contributed by atoms with van der Waals surface area (Å²) in [6.45, 7) is 6.87. The second-order valence-corrected chi connectivity index (χ2v) is 6.65. The van der Waals surface area contributed by atoms with Gasteiger partial charge in [0.1, 0.15) is 11.4 Å². The van der Waals surface area contributed by atoms with Gasteiger partial charge in [0.2, 0.25) is 0 Å². The van der Waals surface area contributed by atoms with Gasteiger partial charge >= 0.3 is 12.1 Å². The molecule has 3 N–H and O–H groups in total. The fraction of sp³-hybridized carbons (Fsp3) is 0.529. The van der Waals surface area contributed by atoms with Gasteiger partial charge in [-0.3, -0.25) is 0 Å². The zero-order valence-corrected chi connectivity index (χ0v) is 15.6. The Labute approximate surface area is 153 Å². The van der Waals surface area contributed by atoms with E-state index in [0.29, 0.717) is 36.9 Å². The topological polar surface area (TPSA) is 88.7 Å². The minimum absolute atomic E-state index is 0.290. The number of halogens is 1. The van der Waals surface area contributed by atoms with Crippen LogP contribution >= 0.6 is 11.6 Å². The average Bonchev–Trinajstić information content (AvgIpc) is 2.51. The maximum absolute atomic E-state index is 11.6. The van der Waals surface area contributed by atoms with E-state index >= 15 is 0 Å². The molecule has 0 atom stereocenters. The van der Waals surface area contributed by atoms with E-state index in [1.165, 1.54) is 0 Å². The zero-order chi connectivity index (χ0) is 18.7. The molecule has 0 aliphatic heterocycles. The van der Waals surface area contributed by atoms with Crippen LogP contribution in [0.4, 0.5) is 9.59 Å². The molecule has 0 saturated carbocycles. The van der Waals surface area contributed by atoms with E-state index in [2.05, 4.69) is 16.0 Å². The van der Waals surface area contributed by atoms with Gasteiger partial charge in [0.05, 0.1) is 11.6 Å². The SMILES string of the molecule is CC(C)(C)OC(=O)NCCNC(=O)NCCCOc1ccccc1Cl. The zero-order valence-electron chi connectivity index (χ0n) is 14.9. The van der Waals surface area contributed by atoms with Crippen molar-refractivity contribution in [2.75, 3.05) is 26.2 Å². The number of ether oxygens (including phenoxy) is 2. The fourth-order valence-electron chi connectivity index (χ4n) is 1.74. The molecular formula is C17H26ClN3O4. The lowest BCUT2D eigenvalue weighted by atomic mass is 10.2. The first-order valence-electron chi connectivity index (χ1n) is 8.14. The highest BCUT2D eigenvalue weighted by Crippen LogP contribution is 2.22. The van der Waals surface area contributed by atoms with Gasteiger partial charge in [-0.15, -0.1) is 0 Å². The molecule has 7 nitrogen and oxygen atoms in total. The van der Waals surface area contributed by atoms with Gasteiger partial charge in [-0.2, -0.15) is 0 Å². The molecule has 3 amide bonds. The molecule has 140 valence electrons. The number of hydrogen-bond donors (Lipinski definition) is 3. The van der Waals surface area contributed by atoms with Crippen LogP contribution in [-0.4, -0.2) is 44.0 Å². The Balaban J connectivity index is 2.02. The van der Waals surface area contributed by atoms with Crippen molar-refractivity contribution < 1.29 is 19.1 Å². The minimum Gasteiger partial charge on any atom is -0.492 e. The van der Waals surface area contributed by atoms with Gasteiger partial charge in [-0.25, -0.2) is 9.59 Å². The largest absolute Gasteiger partial charge is 0.492 e. The van der Waals surface area contributed by atoms with E-state index in [0.717, 1.165) is 0 Å². The van der Waals surface area contributed by atoms with Crippen molar-refractivity contribution in [1.29, 1.82) is 0 Å². The van der Waals surface area contributed by atoms with Crippen LogP contribution in [0.3, 0.4) is 0 Å². The highest BCUT2D eigenvalue weighted by molar-refractivity contribution is 6.32. The number of nitrogens with one attached hydrogen (secondary N) is 3. The van der Waals surface area contributed by atoms with Crippen LogP contribution in [0.5, 0.6) is 5.75 Å². The van der Waals surface area contributed by atoms with Crippen LogP contribution in [0, 0.1) is 0 Å². The van der Waals surface area contributed by atoms with Gasteiger partial charge in [0.25, 0.3) is 0 Å². The predicted molar refractivity (Wildman–Crippen MR) is 97.2 cm³/mol. The summed E-state index contributed by atoms with van der Waals surface area (Å²) in [4.78, 5) is 23.0. The summed E-state index contributed by atoms with van der Waals surface area (Å²) in [6, 6.07) is 6.93. The van der Waals surface area contributed by atoms with Crippen molar-refractivity contribution in [3.05, 3.63) is 29.3 Å². The van der Waals surface area contributed by atoms with Crippen molar-refractivity contribution in [3.8, 4) is 5.75 Å². The monoisotopic (exact) mass is 371 g/mol. The molecule has 1 rings (SSSR count). The van der Waals surface area contributed by atoms with Gasteiger partial charge in [0.15, 0.2) is 0 Å². The number of para-hydroxylation sites is 1. The normalized spacial score (nSPS) is 10.7. The Morgan fingerprint density at radius 1 is 1.04 bits per heavy atom. The number of urea groups is 1. The molecule has 0 aromatic heterocycles. The Hall–Kier alpha value is -2.15. The molecule has 1 aromatic rings. The first-order chi connectivity index (χ1) is 11.8. The third-order valence-electron chi connectivity index (χ3n) is 2.78. The van der Waals surface area contributed by atoms with Crippen molar-refractivity contribution >= 4 is 23.7 Å². The Morgan fingerprint density at radius 2 is 1.68 bits per heavy atom. The Bertz CT molecular complexity index is 561. The summed E-state index contributed by atoms with van der Waals surface area (Å²) in [5, 5.41) is 8.46. The first-order valence-corrected chi connectivity index (χ1v) is 8.51. The highest BCUT2D eigenvalue weighted by Gasteiger charge is 2.15. The summed E-state index contributed by atoms with van der Waals surface area (Å²) < 4.78 is 10.6. The van der Waals surface area contributed by atoms with E-state index < -0.39 is 11.7 Å². The summed E-state index contributed by atoms with van der Waals surface area (Å²) in [7, 11) is 0. The number of benzene rings is 1. The smallest absolute Gasteiger partial charge is 0.407 e. The maximum Gasteiger partial charge on any atom is 0.407 e. The number of hydrogen-bond acceptors (Lipinski definition) is 4. The standard InChI is InChI=1S/C17H26ClN3O4/c1-17(2,3)25-16(23)21-11-10-20-15(22)19-9-6-12-24-14-8-5-4-7-13(14)18/h4-5,7-8H,6,9-12H2,1-3H3,(H,21,23)(H2,19,20,22). The maximum atomic E-state index is 11.6. The summed E-state index contributed by atoms with van der Waals surface area (Å²) >= 11 is 5.97. The molecule has 0 spiro atoms. The van der Waals surface area contributed by atoms with E-state index in [4.69, 9.17) is 21.1 Å². The average molecular weight is 372 g/mol. The lowest BCUT2D eigenvalue weighted by Crippen LogP contribution is -2.41. The van der Waals surface area contributed by atoms with Crippen LogP contribution in [0.2, 0.25) is 5.02 Å². The molecule has 0 unspecified atom stereocenters. The van der Waals surface area contributed by atoms with E-state index in [1.54, 1.807) is 32.9 Å². The fourth-order valence-corrected chi connectivity index (χ4v) is 1.93. The van der Waals surface area contributed by atoms with Crippen LogP contribution < -0.4 is 20.7 Å². The molecule has 0 radical (unpaired) electrons. The molecule has 0 aliphatic rings. The molecule has 0 aliphatic carbocycles. The number of alkyl carbamates (subject to hydrolysis) is 1. The van der Waals surface area contributed by atoms with Crippen LogP contribution in [-0.2, 0) is 4.74 Å². The molecule has 0 bridgehead atoms. The lowest BCUT2D eigenvalue weighted by molar-refractivity contribution is 0.0528. The van der Waals surface area contributed by atoms with Crippen molar-refractivity contribution in [2.45, 2.75) is 32.8 Å². The highest BCUT2D eigenvalue weighted by atomic mass is 35.5. The molecule has 8 heteroatoms. The van der Waals surface area contributed by atoms with Crippen molar-refractivity contribution in [1.82, 2.24) is 16.0 Å². The Kier molecular flexibility index (Phi) is 8.91. The van der Waals surface area contributed by atoms with Crippen LogP contribution in [0.25, 0.3) is 0 Å². The number of rotatable bonds is 8. The predicted octanol–water partition coefficient (Wildman–Crippen LogP) is 2.93. The van der Waals surface area contributed by atoms with Crippen molar-refractivity contribution in [3.63, 3.8) is 0 Å². The van der Waals surface area contributed by atoms with Crippen molar-refractivity contribution in [2.24, 2.45) is 0 Å². The van der Waals surface area contributed by atoms with Gasteiger partial charge in [-0.1, -0.05) is 23.7 Å². The summed E-state index contributed by atoms with van der Waals surface area (Å²) in [5.74, 6) is 0.627. The molecule has 1 aromatic carbocycles. The van der Waals surface area contributed by atoms with Crippen LogP contribution in [0.1, 0.15) is 27.2 Å². The molecule has 25 heavy (non-hydrogen) atoms. The lowest BCUT2D eigenvalue weighted by Gasteiger charge is -2.19.